The molecular formula is C17H18N4O3S. The summed E-state index contributed by atoms with van der Waals surface area (Å²) >= 11 is 0. The molecule has 130 valence electrons. The van der Waals surface area contributed by atoms with E-state index in [1.807, 2.05) is 24.3 Å². The second-order valence-electron chi connectivity index (χ2n) is 5.30. The maximum atomic E-state index is 12.1. The standard InChI is InChI=1S/C17H18N4O3S/c1-24-14-9-7-13(8-10-14)17-19-16(20-21-17)11-12-18-25(22,23)15-5-3-2-4-6-15/h2-10,18H,11-12H2,1H3,(H,19,20,21). The minimum absolute atomic E-state index is 0.231. The van der Waals surface area contributed by atoms with Gasteiger partial charge in [0.1, 0.15) is 11.6 Å². The summed E-state index contributed by atoms with van der Waals surface area (Å²) in [4.78, 5) is 4.63. The van der Waals surface area contributed by atoms with Crippen molar-refractivity contribution in [1.29, 1.82) is 0 Å². The van der Waals surface area contributed by atoms with Gasteiger partial charge in [-0.25, -0.2) is 18.1 Å². The van der Waals surface area contributed by atoms with Crippen LogP contribution in [-0.4, -0.2) is 37.3 Å². The predicted molar refractivity (Wildman–Crippen MR) is 93.7 cm³/mol. The summed E-state index contributed by atoms with van der Waals surface area (Å²) in [6.45, 7) is 0.231. The van der Waals surface area contributed by atoms with Crippen molar-refractivity contribution in [3.8, 4) is 17.1 Å². The van der Waals surface area contributed by atoms with E-state index in [9.17, 15) is 8.42 Å². The third kappa shape index (κ3) is 4.23. The van der Waals surface area contributed by atoms with Crippen LogP contribution in [0.25, 0.3) is 11.4 Å². The van der Waals surface area contributed by atoms with Crippen LogP contribution in [0.15, 0.2) is 59.5 Å². The molecule has 25 heavy (non-hydrogen) atoms. The average molecular weight is 358 g/mol. The van der Waals surface area contributed by atoms with E-state index in [2.05, 4.69) is 19.9 Å². The molecule has 1 heterocycles. The van der Waals surface area contributed by atoms with Gasteiger partial charge in [-0.05, 0) is 36.4 Å². The van der Waals surface area contributed by atoms with Crippen LogP contribution < -0.4 is 9.46 Å². The SMILES string of the molecule is COc1ccc(-c2n[nH]c(CCNS(=O)(=O)c3ccccc3)n2)cc1. The highest BCUT2D eigenvalue weighted by Gasteiger charge is 2.13. The maximum absolute atomic E-state index is 12.1. The molecule has 0 aliphatic heterocycles. The molecule has 0 aliphatic rings. The quantitative estimate of drug-likeness (QED) is 0.673. The van der Waals surface area contributed by atoms with Gasteiger partial charge in [0.2, 0.25) is 10.0 Å². The summed E-state index contributed by atoms with van der Waals surface area (Å²) in [5.41, 5.74) is 0.855. The largest absolute Gasteiger partial charge is 0.497 e. The molecule has 0 saturated heterocycles. The van der Waals surface area contributed by atoms with Crippen molar-refractivity contribution in [1.82, 2.24) is 19.9 Å². The third-order valence-electron chi connectivity index (χ3n) is 3.59. The molecule has 8 heteroatoms. The van der Waals surface area contributed by atoms with Crippen LogP contribution in [0.1, 0.15) is 5.82 Å². The van der Waals surface area contributed by atoms with Crippen LogP contribution >= 0.6 is 0 Å². The van der Waals surface area contributed by atoms with Crippen molar-refractivity contribution in [2.45, 2.75) is 11.3 Å². The van der Waals surface area contributed by atoms with E-state index in [0.717, 1.165) is 11.3 Å². The van der Waals surface area contributed by atoms with Gasteiger partial charge in [0.25, 0.3) is 0 Å². The zero-order chi connectivity index (χ0) is 17.7. The van der Waals surface area contributed by atoms with E-state index in [-0.39, 0.29) is 11.4 Å². The van der Waals surface area contributed by atoms with Gasteiger partial charge in [0.05, 0.1) is 12.0 Å². The molecule has 0 spiro atoms. The first-order valence-corrected chi connectivity index (χ1v) is 9.17. The number of nitrogens with one attached hydrogen (secondary N) is 2. The zero-order valence-electron chi connectivity index (χ0n) is 13.6. The van der Waals surface area contributed by atoms with Crippen LogP contribution in [0.4, 0.5) is 0 Å². The fraction of sp³-hybridized carbons (Fsp3) is 0.176. The number of H-pyrrole nitrogens is 1. The Labute approximate surface area is 146 Å². The Morgan fingerprint density at radius 1 is 1.08 bits per heavy atom. The molecule has 0 saturated carbocycles. The molecule has 2 aromatic carbocycles. The van der Waals surface area contributed by atoms with Crippen molar-refractivity contribution in [3.05, 3.63) is 60.4 Å². The Morgan fingerprint density at radius 2 is 1.80 bits per heavy atom. The first-order valence-electron chi connectivity index (χ1n) is 7.69. The molecule has 0 radical (unpaired) electrons. The molecule has 0 fully saturated rings. The lowest BCUT2D eigenvalue weighted by Gasteiger charge is -2.05. The van der Waals surface area contributed by atoms with E-state index < -0.39 is 10.0 Å². The van der Waals surface area contributed by atoms with Crippen LogP contribution in [0.5, 0.6) is 5.75 Å². The highest BCUT2D eigenvalue weighted by molar-refractivity contribution is 7.89. The zero-order valence-corrected chi connectivity index (χ0v) is 14.5. The Morgan fingerprint density at radius 3 is 2.48 bits per heavy atom. The Kier molecular flexibility index (Phi) is 5.11. The van der Waals surface area contributed by atoms with Gasteiger partial charge in [-0.2, -0.15) is 5.10 Å². The average Bonchev–Trinajstić information content (AvgIpc) is 3.11. The molecule has 0 bridgehead atoms. The molecule has 3 aromatic rings. The number of methoxy groups -OCH3 is 1. The van der Waals surface area contributed by atoms with E-state index in [4.69, 9.17) is 4.74 Å². The number of benzene rings is 2. The summed E-state index contributed by atoms with van der Waals surface area (Å²) in [6, 6.07) is 15.6. The Hall–Kier alpha value is -2.71. The van der Waals surface area contributed by atoms with Crippen LogP contribution in [0, 0.1) is 0 Å². The van der Waals surface area contributed by atoms with Crippen molar-refractivity contribution in [3.63, 3.8) is 0 Å². The lowest BCUT2D eigenvalue weighted by molar-refractivity contribution is 0.415. The number of aromatic nitrogens is 3. The number of nitrogens with zero attached hydrogens (tertiary/aromatic N) is 2. The number of hydrogen-bond acceptors (Lipinski definition) is 5. The number of rotatable bonds is 7. The minimum Gasteiger partial charge on any atom is -0.497 e. The monoisotopic (exact) mass is 358 g/mol. The maximum Gasteiger partial charge on any atom is 0.240 e. The normalized spacial score (nSPS) is 11.4. The van der Waals surface area contributed by atoms with Crippen molar-refractivity contribution >= 4 is 10.0 Å². The van der Waals surface area contributed by atoms with E-state index in [1.165, 1.54) is 0 Å². The first kappa shape index (κ1) is 17.1. The minimum atomic E-state index is -3.51. The van der Waals surface area contributed by atoms with Gasteiger partial charge in [0, 0.05) is 18.5 Å². The second-order valence-corrected chi connectivity index (χ2v) is 7.06. The van der Waals surface area contributed by atoms with Crippen LogP contribution in [0.2, 0.25) is 0 Å². The summed E-state index contributed by atoms with van der Waals surface area (Å²) in [5.74, 6) is 1.93. The Bertz CT molecular complexity index is 922. The van der Waals surface area contributed by atoms with E-state index in [0.29, 0.717) is 18.1 Å². The molecule has 0 atom stereocenters. The molecule has 0 unspecified atom stereocenters. The van der Waals surface area contributed by atoms with Gasteiger partial charge < -0.3 is 4.74 Å². The highest BCUT2D eigenvalue weighted by atomic mass is 32.2. The van der Waals surface area contributed by atoms with Gasteiger partial charge in [-0.1, -0.05) is 18.2 Å². The number of ether oxygens (including phenoxy) is 1. The van der Waals surface area contributed by atoms with E-state index in [1.54, 1.807) is 37.4 Å². The lowest BCUT2D eigenvalue weighted by Crippen LogP contribution is -2.26. The molecule has 0 aliphatic carbocycles. The van der Waals surface area contributed by atoms with Gasteiger partial charge in [-0.3, -0.25) is 5.10 Å². The summed E-state index contributed by atoms with van der Waals surface area (Å²) in [5, 5.41) is 6.99. The van der Waals surface area contributed by atoms with Gasteiger partial charge in [0.15, 0.2) is 5.82 Å². The van der Waals surface area contributed by atoms with Crippen LogP contribution in [-0.2, 0) is 16.4 Å². The molecule has 7 nitrogen and oxygen atoms in total. The van der Waals surface area contributed by atoms with Crippen molar-refractivity contribution < 1.29 is 13.2 Å². The van der Waals surface area contributed by atoms with Crippen molar-refractivity contribution in [2.75, 3.05) is 13.7 Å². The number of hydrogen-bond donors (Lipinski definition) is 2. The van der Waals surface area contributed by atoms with Crippen molar-refractivity contribution in [2.24, 2.45) is 0 Å². The predicted octanol–water partition coefficient (Wildman–Crippen LogP) is 2.00. The summed E-state index contributed by atoms with van der Waals surface area (Å²) in [6.07, 6.45) is 0.412. The molecule has 1 aromatic heterocycles. The third-order valence-corrected chi connectivity index (χ3v) is 5.06. The van der Waals surface area contributed by atoms with Crippen LogP contribution in [0.3, 0.4) is 0 Å². The smallest absolute Gasteiger partial charge is 0.240 e. The number of aromatic amines is 1. The fourth-order valence-electron chi connectivity index (χ4n) is 2.26. The first-order chi connectivity index (χ1) is 12.1. The Balaban J connectivity index is 1.60. The number of sulfonamides is 1. The van der Waals surface area contributed by atoms with Gasteiger partial charge >= 0.3 is 0 Å². The van der Waals surface area contributed by atoms with E-state index >= 15 is 0 Å². The second kappa shape index (κ2) is 7.45. The molecule has 3 rings (SSSR count). The summed E-state index contributed by atoms with van der Waals surface area (Å²) in [7, 11) is -1.90. The topological polar surface area (TPSA) is 97.0 Å². The van der Waals surface area contributed by atoms with Gasteiger partial charge in [-0.15, -0.1) is 0 Å². The molecule has 2 N–H and O–H groups in total. The summed E-state index contributed by atoms with van der Waals surface area (Å²) < 4.78 is 32.0. The highest BCUT2D eigenvalue weighted by Crippen LogP contribution is 2.19. The lowest BCUT2D eigenvalue weighted by atomic mass is 10.2. The fourth-order valence-corrected chi connectivity index (χ4v) is 3.32. The molecule has 0 amide bonds. The molecular weight excluding hydrogens is 340 g/mol.